The van der Waals surface area contributed by atoms with Crippen molar-refractivity contribution >= 4 is 31.5 Å². The fraction of sp³-hybridized carbons (Fsp3) is 0.296. The van der Waals surface area contributed by atoms with Crippen LogP contribution in [0.25, 0.3) is 0 Å². The average Bonchev–Trinajstić information content (AvgIpc) is 3.13. The number of methoxy groups -OCH3 is 1. The summed E-state index contributed by atoms with van der Waals surface area (Å²) >= 11 is -0.199. The van der Waals surface area contributed by atoms with E-state index in [1.165, 1.54) is 16.9 Å². The van der Waals surface area contributed by atoms with Gasteiger partial charge in [0.1, 0.15) is 0 Å². The Morgan fingerprint density at radius 3 is 2.77 bits per heavy atom. The number of hydrogen-bond acceptors (Lipinski definition) is 8. The van der Waals surface area contributed by atoms with E-state index >= 15 is 4.39 Å². The summed E-state index contributed by atoms with van der Waals surface area (Å²) in [5, 5.41) is 2.19. The zero-order valence-corrected chi connectivity index (χ0v) is 22.9. The molecule has 6 rings (SSSR count). The number of rotatable bonds is 4. The topological polar surface area (TPSA) is 99.5 Å². The van der Waals surface area contributed by atoms with Crippen molar-refractivity contribution in [3.05, 3.63) is 92.9 Å². The fourth-order valence-corrected chi connectivity index (χ4v) is 7.64. The summed E-state index contributed by atoms with van der Waals surface area (Å²) < 4.78 is 52.8. The zero-order chi connectivity index (χ0) is 28.0. The standard InChI is InChI=1S/C27H23F2N3O7Se/c1-36-27(35)39-14-38-25-19(33)8-9-31-24(25)26(34)30-10-11-37-12-21(30)32(31)23-15-6-7-18(28)22(29)17(15)13-40-20-5-3-2-4-16(20)23/h2-9,21,23H,10-14H2,1H3/t21-,23?/m1/s1. The normalized spacial score (nSPS) is 19.5. The fourth-order valence-electron chi connectivity index (χ4n) is 5.31. The van der Waals surface area contributed by atoms with Gasteiger partial charge in [-0.15, -0.1) is 0 Å². The molecular weight excluding hydrogens is 595 g/mol. The minimum absolute atomic E-state index is 0.0875. The minimum atomic E-state index is -1.02. The predicted octanol–water partition coefficient (Wildman–Crippen LogP) is 1.63. The number of pyridine rings is 1. The Morgan fingerprint density at radius 1 is 1.12 bits per heavy atom. The van der Waals surface area contributed by atoms with Gasteiger partial charge in [-0.05, 0) is 0 Å². The number of fused-ring (bicyclic) bond motifs is 4. The van der Waals surface area contributed by atoms with Crippen LogP contribution in [0.1, 0.15) is 33.2 Å². The van der Waals surface area contributed by atoms with E-state index in [1.54, 1.807) is 11.0 Å². The van der Waals surface area contributed by atoms with Crippen molar-refractivity contribution in [2.45, 2.75) is 17.5 Å². The van der Waals surface area contributed by atoms with Gasteiger partial charge in [-0.25, -0.2) is 0 Å². The molecule has 3 aromatic rings. The number of carbonyl (C=O) groups excluding carboxylic acids is 2. The summed E-state index contributed by atoms with van der Waals surface area (Å²) in [6, 6.07) is 10.9. The van der Waals surface area contributed by atoms with Crippen LogP contribution in [0.4, 0.5) is 13.6 Å². The molecule has 1 amide bonds. The molecule has 3 aliphatic heterocycles. The van der Waals surface area contributed by atoms with E-state index in [9.17, 15) is 18.8 Å². The third kappa shape index (κ3) is 4.30. The Balaban J connectivity index is 1.58. The Hall–Kier alpha value is -3.93. The van der Waals surface area contributed by atoms with Crippen molar-refractivity contribution in [2.24, 2.45) is 0 Å². The van der Waals surface area contributed by atoms with Gasteiger partial charge in [0.2, 0.25) is 0 Å². The Morgan fingerprint density at radius 2 is 1.95 bits per heavy atom. The molecule has 10 nitrogen and oxygen atoms in total. The summed E-state index contributed by atoms with van der Waals surface area (Å²) in [7, 11) is 1.12. The van der Waals surface area contributed by atoms with Crippen molar-refractivity contribution in [2.75, 3.05) is 38.7 Å². The third-order valence-electron chi connectivity index (χ3n) is 7.08. The van der Waals surface area contributed by atoms with Crippen LogP contribution in [0.5, 0.6) is 5.75 Å². The van der Waals surface area contributed by atoms with E-state index in [0.29, 0.717) is 10.9 Å². The second-order valence-electron chi connectivity index (χ2n) is 9.16. The first kappa shape index (κ1) is 26.3. The number of benzene rings is 2. The number of amides is 1. The summed E-state index contributed by atoms with van der Waals surface area (Å²) in [5.41, 5.74) is 1.00. The quantitative estimate of drug-likeness (QED) is 0.247. The van der Waals surface area contributed by atoms with Crippen molar-refractivity contribution in [3.63, 3.8) is 0 Å². The van der Waals surface area contributed by atoms with Gasteiger partial charge in [0.25, 0.3) is 0 Å². The Labute approximate surface area is 233 Å². The number of nitrogens with zero attached hydrogens (tertiary/aromatic N) is 3. The number of morpholine rings is 1. The van der Waals surface area contributed by atoms with Crippen LogP contribution in [-0.4, -0.2) is 76.4 Å². The van der Waals surface area contributed by atoms with Crippen LogP contribution in [0.2, 0.25) is 0 Å². The van der Waals surface area contributed by atoms with Crippen molar-refractivity contribution in [1.82, 2.24) is 9.58 Å². The summed E-state index contributed by atoms with van der Waals surface area (Å²) in [6.07, 6.45) is -0.206. The van der Waals surface area contributed by atoms with Gasteiger partial charge >= 0.3 is 226 Å². The summed E-state index contributed by atoms with van der Waals surface area (Å²) in [5.74, 6) is -2.62. The number of carbonyl (C=O) groups is 2. The molecule has 13 heteroatoms. The van der Waals surface area contributed by atoms with E-state index in [1.807, 2.05) is 29.3 Å². The zero-order valence-electron chi connectivity index (χ0n) is 21.2. The summed E-state index contributed by atoms with van der Waals surface area (Å²) in [6.45, 7) is -0.0255. The van der Waals surface area contributed by atoms with Crippen LogP contribution in [-0.2, 0) is 19.5 Å². The van der Waals surface area contributed by atoms with E-state index in [-0.39, 0.29) is 51.7 Å². The maximum atomic E-state index is 15.3. The van der Waals surface area contributed by atoms with Crippen LogP contribution in [0.15, 0.2) is 53.5 Å². The number of hydrogen-bond donors (Lipinski definition) is 0. The first-order valence-corrected chi connectivity index (χ1v) is 14.4. The molecule has 0 aliphatic carbocycles. The van der Waals surface area contributed by atoms with Gasteiger partial charge in [0.15, 0.2) is 0 Å². The Bertz CT molecular complexity index is 1570. The Kier molecular flexibility index (Phi) is 6.95. The van der Waals surface area contributed by atoms with Crippen LogP contribution in [0.3, 0.4) is 0 Å². The molecule has 0 spiro atoms. The number of aromatic nitrogens is 1. The van der Waals surface area contributed by atoms with E-state index in [2.05, 4.69) is 4.74 Å². The number of halogens is 2. The predicted molar refractivity (Wildman–Crippen MR) is 137 cm³/mol. The molecular formula is C27H23F2N3O7Se. The van der Waals surface area contributed by atoms with Gasteiger partial charge < -0.3 is 0 Å². The second-order valence-corrected chi connectivity index (χ2v) is 11.3. The molecule has 0 N–H and O–H groups in total. The van der Waals surface area contributed by atoms with Crippen LogP contribution in [0, 0.1) is 11.6 Å². The second kappa shape index (κ2) is 10.6. The van der Waals surface area contributed by atoms with Crippen molar-refractivity contribution < 1.29 is 37.3 Å². The molecule has 3 aliphatic rings. The van der Waals surface area contributed by atoms with Gasteiger partial charge in [0.05, 0.1) is 7.11 Å². The molecule has 2 atom stereocenters. The van der Waals surface area contributed by atoms with Gasteiger partial charge in [-0.3, -0.25) is 0 Å². The molecule has 208 valence electrons. The molecule has 40 heavy (non-hydrogen) atoms. The van der Waals surface area contributed by atoms with E-state index in [4.69, 9.17) is 14.2 Å². The molecule has 1 unspecified atom stereocenters. The molecule has 1 aromatic heterocycles. The number of ether oxygens (including phenoxy) is 4. The molecule has 2 aromatic carbocycles. The SMILES string of the molecule is COC(=O)OCOc1c2n(ccc1=O)N(C1c3ccccc3[Se]Cc3c1ccc(F)c3F)[C@@H]1COCCN1C2=O. The summed E-state index contributed by atoms with van der Waals surface area (Å²) in [4.78, 5) is 39.8. The van der Waals surface area contributed by atoms with Crippen molar-refractivity contribution in [1.29, 1.82) is 0 Å². The van der Waals surface area contributed by atoms with E-state index < -0.39 is 48.1 Å². The molecule has 0 radical (unpaired) electrons. The third-order valence-corrected chi connectivity index (χ3v) is 9.42. The van der Waals surface area contributed by atoms with Crippen LogP contribution >= 0.6 is 0 Å². The van der Waals surface area contributed by atoms with Crippen LogP contribution < -0.4 is 19.6 Å². The first-order chi connectivity index (χ1) is 19.4. The molecule has 0 saturated carbocycles. The molecule has 1 fully saturated rings. The molecule has 0 bridgehead atoms. The monoisotopic (exact) mass is 619 g/mol. The van der Waals surface area contributed by atoms with Gasteiger partial charge in [-0.2, -0.15) is 0 Å². The van der Waals surface area contributed by atoms with E-state index in [0.717, 1.165) is 23.2 Å². The first-order valence-electron chi connectivity index (χ1n) is 12.4. The average molecular weight is 618 g/mol. The maximum absolute atomic E-state index is 15.3. The van der Waals surface area contributed by atoms with Crippen molar-refractivity contribution in [3.8, 4) is 5.75 Å². The molecule has 1 saturated heterocycles. The van der Waals surface area contributed by atoms with Gasteiger partial charge in [-0.1, -0.05) is 0 Å². The molecule has 4 heterocycles. The van der Waals surface area contributed by atoms with Gasteiger partial charge in [0, 0.05) is 0 Å².